The summed E-state index contributed by atoms with van der Waals surface area (Å²) in [4.78, 5) is 0. The van der Waals surface area contributed by atoms with E-state index in [4.69, 9.17) is 9.47 Å². The number of rotatable bonds is 8. The molecule has 0 radical (unpaired) electrons. The Bertz CT molecular complexity index is 315. The SMILES string of the molecule is COCCCCN[C@H](C)c1cccc(OC)c1. The van der Waals surface area contributed by atoms with E-state index < -0.39 is 0 Å². The summed E-state index contributed by atoms with van der Waals surface area (Å²) >= 11 is 0. The van der Waals surface area contributed by atoms with E-state index in [9.17, 15) is 0 Å². The Morgan fingerprint density at radius 1 is 1.24 bits per heavy atom. The van der Waals surface area contributed by atoms with Gasteiger partial charge in [-0.1, -0.05) is 12.1 Å². The summed E-state index contributed by atoms with van der Waals surface area (Å²) in [6, 6.07) is 8.54. The van der Waals surface area contributed by atoms with Crippen LogP contribution in [-0.2, 0) is 4.74 Å². The van der Waals surface area contributed by atoms with Crippen LogP contribution in [0.2, 0.25) is 0 Å². The van der Waals surface area contributed by atoms with Gasteiger partial charge in [-0.15, -0.1) is 0 Å². The zero-order valence-corrected chi connectivity index (χ0v) is 11.0. The van der Waals surface area contributed by atoms with E-state index in [1.807, 2.05) is 12.1 Å². The van der Waals surface area contributed by atoms with Crippen molar-refractivity contribution in [2.24, 2.45) is 0 Å². The standard InChI is InChI=1S/C14H23NO2/c1-12(15-9-4-5-10-16-2)13-7-6-8-14(11-13)17-3/h6-8,11-12,15H,4-5,9-10H2,1-3H3/t12-/m1/s1. The van der Waals surface area contributed by atoms with Crippen molar-refractivity contribution in [2.75, 3.05) is 27.4 Å². The van der Waals surface area contributed by atoms with Crippen molar-refractivity contribution < 1.29 is 9.47 Å². The third kappa shape index (κ3) is 5.20. The topological polar surface area (TPSA) is 30.5 Å². The molecule has 0 saturated carbocycles. The number of methoxy groups -OCH3 is 2. The Hall–Kier alpha value is -1.06. The van der Waals surface area contributed by atoms with Gasteiger partial charge in [0.15, 0.2) is 0 Å². The lowest BCUT2D eigenvalue weighted by Crippen LogP contribution is -2.20. The van der Waals surface area contributed by atoms with Gasteiger partial charge in [0, 0.05) is 19.8 Å². The van der Waals surface area contributed by atoms with E-state index in [0.717, 1.165) is 31.7 Å². The van der Waals surface area contributed by atoms with Crippen molar-refractivity contribution in [1.82, 2.24) is 5.32 Å². The molecular formula is C14H23NO2. The molecule has 1 rings (SSSR count). The first kappa shape index (κ1) is 14.0. The lowest BCUT2D eigenvalue weighted by atomic mass is 10.1. The molecule has 1 N–H and O–H groups in total. The molecule has 96 valence electrons. The largest absolute Gasteiger partial charge is 0.497 e. The Labute approximate surface area is 104 Å². The third-order valence-corrected chi connectivity index (χ3v) is 2.82. The number of benzene rings is 1. The fourth-order valence-electron chi connectivity index (χ4n) is 1.72. The summed E-state index contributed by atoms with van der Waals surface area (Å²) in [5.41, 5.74) is 1.26. The van der Waals surface area contributed by atoms with Crippen LogP contribution in [0.5, 0.6) is 5.75 Å². The van der Waals surface area contributed by atoms with Gasteiger partial charge in [0.1, 0.15) is 5.75 Å². The molecule has 0 heterocycles. The van der Waals surface area contributed by atoms with Gasteiger partial charge in [0.05, 0.1) is 7.11 Å². The van der Waals surface area contributed by atoms with Crippen molar-refractivity contribution in [1.29, 1.82) is 0 Å². The molecule has 1 atom stereocenters. The molecule has 1 aromatic rings. The summed E-state index contributed by atoms with van der Waals surface area (Å²) in [7, 11) is 3.44. The van der Waals surface area contributed by atoms with Crippen molar-refractivity contribution in [2.45, 2.75) is 25.8 Å². The summed E-state index contributed by atoms with van der Waals surface area (Å²) in [6.07, 6.45) is 2.25. The first-order valence-corrected chi connectivity index (χ1v) is 6.14. The van der Waals surface area contributed by atoms with Gasteiger partial charge in [0.25, 0.3) is 0 Å². The van der Waals surface area contributed by atoms with E-state index >= 15 is 0 Å². The predicted molar refractivity (Wildman–Crippen MR) is 70.5 cm³/mol. The highest BCUT2D eigenvalue weighted by Gasteiger charge is 2.04. The zero-order valence-electron chi connectivity index (χ0n) is 11.0. The van der Waals surface area contributed by atoms with Crippen molar-refractivity contribution in [3.8, 4) is 5.75 Å². The molecule has 0 aliphatic rings. The summed E-state index contributed by atoms with van der Waals surface area (Å²) in [6.45, 7) is 4.03. The fourth-order valence-corrected chi connectivity index (χ4v) is 1.72. The third-order valence-electron chi connectivity index (χ3n) is 2.82. The molecular weight excluding hydrogens is 214 g/mol. The average molecular weight is 237 g/mol. The Morgan fingerprint density at radius 2 is 2.06 bits per heavy atom. The van der Waals surface area contributed by atoms with Gasteiger partial charge in [-0.3, -0.25) is 0 Å². The number of ether oxygens (including phenoxy) is 2. The van der Waals surface area contributed by atoms with Crippen LogP contribution in [0.3, 0.4) is 0 Å². The molecule has 0 spiro atoms. The highest BCUT2D eigenvalue weighted by atomic mass is 16.5. The van der Waals surface area contributed by atoms with Crippen LogP contribution in [-0.4, -0.2) is 27.4 Å². The Balaban J connectivity index is 2.33. The van der Waals surface area contributed by atoms with Gasteiger partial charge in [0.2, 0.25) is 0 Å². The van der Waals surface area contributed by atoms with Crippen molar-refractivity contribution in [3.05, 3.63) is 29.8 Å². The van der Waals surface area contributed by atoms with E-state index in [-0.39, 0.29) is 0 Å². The predicted octanol–water partition coefficient (Wildman–Crippen LogP) is 2.77. The first-order valence-electron chi connectivity index (χ1n) is 6.14. The monoisotopic (exact) mass is 237 g/mol. The molecule has 3 nitrogen and oxygen atoms in total. The maximum absolute atomic E-state index is 5.22. The van der Waals surface area contributed by atoms with E-state index in [1.165, 1.54) is 5.56 Å². The minimum absolute atomic E-state index is 0.354. The van der Waals surface area contributed by atoms with Gasteiger partial charge in [-0.2, -0.15) is 0 Å². The molecule has 17 heavy (non-hydrogen) atoms. The van der Waals surface area contributed by atoms with Crippen LogP contribution < -0.4 is 10.1 Å². The molecule has 0 aliphatic heterocycles. The lowest BCUT2D eigenvalue weighted by Gasteiger charge is -2.15. The van der Waals surface area contributed by atoms with Crippen LogP contribution in [0.1, 0.15) is 31.4 Å². The number of hydrogen-bond donors (Lipinski definition) is 1. The first-order chi connectivity index (χ1) is 8.27. The number of unbranched alkanes of at least 4 members (excludes halogenated alkanes) is 1. The van der Waals surface area contributed by atoms with Crippen molar-refractivity contribution >= 4 is 0 Å². The zero-order chi connectivity index (χ0) is 12.5. The normalized spacial score (nSPS) is 12.4. The average Bonchev–Trinajstić information content (AvgIpc) is 2.38. The van der Waals surface area contributed by atoms with Crippen LogP contribution in [0.15, 0.2) is 24.3 Å². The molecule has 1 aromatic carbocycles. The Kier molecular flexibility index (Phi) is 6.67. The van der Waals surface area contributed by atoms with Crippen LogP contribution in [0.25, 0.3) is 0 Å². The number of nitrogens with one attached hydrogen (secondary N) is 1. The molecule has 3 heteroatoms. The van der Waals surface area contributed by atoms with Crippen LogP contribution in [0, 0.1) is 0 Å². The molecule has 0 bridgehead atoms. The quantitative estimate of drug-likeness (QED) is 0.705. The van der Waals surface area contributed by atoms with Gasteiger partial charge < -0.3 is 14.8 Å². The number of hydrogen-bond acceptors (Lipinski definition) is 3. The maximum atomic E-state index is 5.22. The molecule has 0 unspecified atom stereocenters. The second-order valence-corrected chi connectivity index (χ2v) is 4.15. The molecule has 0 aliphatic carbocycles. The molecule has 0 amide bonds. The maximum Gasteiger partial charge on any atom is 0.119 e. The fraction of sp³-hybridized carbons (Fsp3) is 0.571. The van der Waals surface area contributed by atoms with E-state index in [2.05, 4.69) is 24.4 Å². The summed E-state index contributed by atoms with van der Waals surface area (Å²) in [5.74, 6) is 0.913. The second kappa shape index (κ2) is 8.09. The minimum atomic E-state index is 0.354. The minimum Gasteiger partial charge on any atom is -0.497 e. The smallest absolute Gasteiger partial charge is 0.119 e. The highest BCUT2D eigenvalue weighted by Crippen LogP contribution is 2.18. The second-order valence-electron chi connectivity index (χ2n) is 4.15. The lowest BCUT2D eigenvalue weighted by molar-refractivity contribution is 0.192. The molecule has 0 saturated heterocycles. The Morgan fingerprint density at radius 3 is 2.76 bits per heavy atom. The van der Waals surface area contributed by atoms with Gasteiger partial charge in [-0.05, 0) is 44.0 Å². The van der Waals surface area contributed by atoms with E-state index in [0.29, 0.717) is 6.04 Å². The van der Waals surface area contributed by atoms with Gasteiger partial charge >= 0.3 is 0 Å². The van der Waals surface area contributed by atoms with Crippen molar-refractivity contribution in [3.63, 3.8) is 0 Å². The summed E-state index contributed by atoms with van der Waals surface area (Å²) in [5, 5.41) is 3.50. The van der Waals surface area contributed by atoms with Gasteiger partial charge in [-0.25, -0.2) is 0 Å². The molecule has 0 aromatic heterocycles. The molecule has 0 fully saturated rings. The van der Waals surface area contributed by atoms with E-state index in [1.54, 1.807) is 14.2 Å². The van der Waals surface area contributed by atoms with Crippen LogP contribution in [0.4, 0.5) is 0 Å². The van der Waals surface area contributed by atoms with Crippen LogP contribution >= 0.6 is 0 Å². The highest BCUT2D eigenvalue weighted by molar-refractivity contribution is 5.30. The summed E-state index contributed by atoms with van der Waals surface area (Å²) < 4.78 is 10.2.